The molecular formula is C23H20N4OS. The Bertz CT molecular complexity index is 1120. The molecule has 4 rings (SSSR count). The number of nitrogens with zero attached hydrogens (tertiary/aromatic N) is 2. The first kappa shape index (κ1) is 19.0. The van der Waals surface area contributed by atoms with Crippen LogP contribution in [0.15, 0.2) is 59.6 Å². The SMILES string of the molecule is N#Cc1cnc(C(=O)Nc2ccc(-c3ccc(S)cc3)cc2C2=CCCCC2)[nH]1. The van der Waals surface area contributed by atoms with Gasteiger partial charge in [0.1, 0.15) is 11.8 Å². The van der Waals surface area contributed by atoms with Crippen molar-refractivity contribution in [1.82, 2.24) is 9.97 Å². The summed E-state index contributed by atoms with van der Waals surface area (Å²) in [5.74, 6) is -0.241. The number of benzene rings is 2. The van der Waals surface area contributed by atoms with Crippen LogP contribution >= 0.6 is 12.6 Å². The van der Waals surface area contributed by atoms with Crippen LogP contribution < -0.4 is 5.32 Å². The number of amides is 1. The van der Waals surface area contributed by atoms with Crippen molar-refractivity contribution in [3.63, 3.8) is 0 Å². The third-order valence-electron chi connectivity index (χ3n) is 5.02. The topological polar surface area (TPSA) is 81.6 Å². The van der Waals surface area contributed by atoms with Gasteiger partial charge in [0.25, 0.3) is 5.91 Å². The molecule has 144 valence electrons. The summed E-state index contributed by atoms with van der Waals surface area (Å²) in [6.07, 6.45) is 7.98. The fourth-order valence-electron chi connectivity index (χ4n) is 3.51. The van der Waals surface area contributed by atoms with E-state index >= 15 is 0 Å². The van der Waals surface area contributed by atoms with E-state index in [1.54, 1.807) is 0 Å². The lowest BCUT2D eigenvalue weighted by Crippen LogP contribution is -2.15. The number of imidazole rings is 1. The van der Waals surface area contributed by atoms with Crippen molar-refractivity contribution in [3.05, 3.63) is 71.8 Å². The van der Waals surface area contributed by atoms with E-state index in [1.165, 1.54) is 18.2 Å². The predicted molar refractivity (Wildman–Crippen MR) is 117 cm³/mol. The van der Waals surface area contributed by atoms with Gasteiger partial charge in [-0.25, -0.2) is 4.98 Å². The van der Waals surface area contributed by atoms with E-state index in [0.717, 1.165) is 46.5 Å². The molecule has 0 fully saturated rings. The molecule has 1 heterocycles. The van der Waals surface area contributed by atoms with Crippen LogP contribution in [-0.2, 0) is 0 Å². The van der Waals surface area contributed by atoms with Gasteiger partial charge in [-0.15, -0.1) is 12.6 Å². The molecule has 1 aromatic heterocycles. The minimum absolute atomic E-state index is 0.124. The van der Waals surface area contributed by atoms with E-state index < -0.39 is 0 Å². The van der Waals surface area contributed by atoms with Crippen LogP contribution in [0, 0.1) is 11.3 Å². The molecule has 3 aromatic rings. The van der Waals surface area contributed by atoms with Crippen LogP contribution in [0.1, 0.15) is 47.6 Å². The molecule has 29 heavy (non-hydrogen) atoms. The summed E-state index contributed by atoms with van der Waals surface area (Å²) < 4.78 is 0. The largest absolute Gasteiger partial charge is 0.326 e. The number of carbonyl (C=O) groups excluding carboxylic acids is 1. The molecule has 0 spiro atoms. The maximum absolute atomic E-state index is 12.6. The van der Waals surface area contributed by atoms with Gasteiger partial charge in [0.2, 0.25) is 0 Å². The smallest absolute Gasteiger partial charge is 0.291 e. The lowest BCUT2D eigenvalue weighted by Gasteiger charge is -2.18. The fraction of sp³-hybridized carbons (Fsp3) is 0.174. The van der Waals surface area contributed by atoms with Gasteiger partial charge in [-0.2, -0.15) is 5.26 Å². The van der Waals surface area contributed by atoms with Crippen molar-refractivity contribution in [2.24, 2.45) is 0 Å². The molecule has 1 aliphatic rings. The van der Waals surface area contributed by atoms with Crippen LogP contribution in [0.3, 0.4) is 0 Å². The second-order valence-corrected chi connectivity index (χ2v) is 7.51. The standard InChI is InChI=1S/C23H20N4OS/c24-13-18-14-25-22(26-18)23(28)27-21-11-8-17(15-6-9-19(29)10-7-15)12-20(21)16-4-2-1-3-5-16/h4,6-12,14,29H,1-3,5H2,(H,25,26)(H,27,28). The summed E-state index contributed by atoms with van der Waals surface area (Å²) in [4.78, 5) is 20.3. The minimum atomic E-state index is -0.365. The first-order valence-electron chi connectivity index (χ1n) is 9.53. The lowest BCUT2D eigenvalue weighted by atomic mass is 9.90. The van der Waals surface area contributed by atoms with Crippen molar-refractivity contribution in [3.8, 4) is 17.2 Å². The zero-order chi connectivity index (χ0) is 20.2. The number of rotatable bonds is 4. The highest BCUT2D eigenvalue weighted by Gasteiger charge is 2.16. The average molecular weight is 401 g/mol. The Kier molecular flexibility index (Phi) is 5.50. The lowest BCUT2D eigenvalue weighted by molar-refractivity contribution is 0.101. The number of aromatic nitrogens is 2. The van der Waals surface area contributed by atoms with Gasteiger partial charge in [0.05, 0.1) is 6.20 Å². The van der Waals surface area contributed by atoms with Gasteiger partial charge in [0.15, 0.2) is 5.82 Å². The highest BCUT2D eigenvalue weighted by molar-refractivity contribution is 7.80. The van der Waals surface area contributed by atoms with E-state index in [2.05, 4.69) is 40.1 Å². The molecule has 0 aliphatic heterocycles. The number of anilines is 1. The summed E-state index contributed by atoms with van der Waals surface area (Å²) in [6.45, 7) is 0. The van der Waals surface area contributed by atoms with Gasteiger partial charge >= 0.3 is 0 Å². The second-order valence-electron chi connectivity index (χ2n) is 6.99. The van der Waals surface area contributed by atoms with Crippen molar-refractivity contribution >= 4 is 29.8 Å². The van der Waals surface area contributed by atoms with Crippen LogP contribution in [0.5, 0.6) is 0 Å². The van der Waals surface area contributed by atoms with Crippen molar-refractivity contribution in [2.45, 2.75) is 30.6 Å². The number of hydrogen-bond acceptors (Lipinski definition) is 4. The maximum atomic E-state index is 12.6. The van der Waals surface area contributed by atoms with Gasteiger partial charge < -0.3 is 10.3 Å². The molecule has 2 N–H and O–H groups in total. The fourth-order valence-corrected chi connectivity index (χ4v) is 3.66. The Labute approximate surface area is 174 Å². The Morgan fingerprint density at radius 3 is 2.62 bits per heavy atom. The number of carbonyl (C=O) groups is 1. The molecule has 0 atom stereocenters. The minimum Gasteiger partial charge on any atom is -0.326 e. The van der Waals surface area contributed by atoms with Gasteiger partial charge in [-0.1, -0.05) is 24.3 Å². The average Bonchev–Trinajstić information content (AvgIpc) is 3.25. The predicted octanol–water partition coefficient (Wildman–Crippen LogP) is 5.45. The molecule has 0 saturated heterocycles. The quantitative estimate of drug-likeness (QED) is 0.510. The number of allylic oxidation sites excluding steroid dienone is 2. The van der Waals surface area contributed by atoms with Crippen LogP contribution in [0.25, 0.3) is 16.7 Å². The zero-order valence-electron chi connectivity index (χ0n) is 15.8. The van der Waals surface area contributed by atoms with Gasteiger partial charge in [-0.3, -0.25) is 4.79 Å². The van der Waals surface area contributed by atoms with Gasteiger partial charge in [-0.05, 0) is 66.6 Å². The van der Waals surface area contributed by atoms with E-state index in [0.29, 0.717) is 0 Å². The number of nitriles is 1. The Morgan fingerprint density at radius 2 is 1.93 bits per heavy atom. The molecule has 0 unspecified atom stereocenters. The normalized spacial score (nSPS) is 13.4. The van der Waals surface area contributed by atoms with E-state index in [1.807, 2.05) is 42.5 Å². The van der Waals surface area contributed by atoms with E-state index in [4.69, 9.17) is 5.26 Å². The molecule has 5 nitrogen and oxygen atoms in total. The molecule has 2 aromatic carbocycles. The summed E-state index contributed by atoms with van der Waals surface area (Å²) in [6, 6.07) is 16.0. The Balaban J connectivity index is 1.70. The molecule has 0 saturated carbocycles. The van der Waals surface area contributed by atoms with E-state index in [-0.39, 0.29) is 17.4 Å². The van der Waals surface area contributed by atoms with Crippen LogP contribution in [0.4, 0.5) is 5.69 Å². The second kappa shape index (κ2) is 8.38. The molecule has 0 bridgehead atoms. The maximum Gasteiger partial charge on any atom is 0.291 e. The number of hydrogen-bond donors (Lipinski definition) is 3. The molecule has 1 amide bonds. The summed E-state index contributed by atoms with van der Waals surface area (Å²) in [7, 11) is 0. The Morgan fingerprint density at radius 1 is 1.14 bits per heavy atom. The Hall–Kier alpha value is -3.30. The highest BCUT2D eigenvalue weighted by Crippen LogP contribution is 2.35. The number of aromatic amines is 1. The monoisotopic (exact) mass is 400 g/mol. The van der Waals surface area contributed by atoms with Crippen molar-refractivity contribution < 1.29 is 4.79 Å². The number of nitrogens with one attached hydrogen (secondary N) is 2. The zero-order valence-corrected chi connectivity index (χ0v) is 16.7. The number of H-pyrrole nitrogens is 1. The van der Waals surface area contributed by atoms with Gasteiger partial charge in [0, 0.05) is 16.1 Å². The molecular weight excluding hydrogens is 380 g/mol. The first-order chi connectivity index (χ1) is 14.1. The third-order valence-corrected chi connectivity index (χ3v) is 5.31. The van der Waals surface area contributed by atoms with Crippen molar-refractivity contribution in [2.75, 3.05) is 5.32 Å². The van der Waals surface area contributed by atoms with Crippen LogP contribution in [-0.4, -0.2) is 15.9 Å². The molecule has 1 aliphatic carbocycles. The highest BCUT2D eigenvalue weighted by atomic mass is 32.1. The summed E-state index contributed by atoms with van der Waals surface area (Å²) >= 11 is 4.36. The molecule has 0 radical (unpaired) electrons. The summed E-state index contributed by atoms with van der Waals surface area (Å²) in [5.41, 5.74) is 5.46. The van der Waals surface area contributed by atoms with Crippen LogP contribution in [0.2, 0.25) is 0 Å². The third kappa shape index (κ3) is 4.25. The summed E-state index contributed by atoms with van der Waals surface area (Å²) in [5, 5.41) is 11.9. The number of thiol groups is 1. The molecule has 6 heteroatoms. The van der Waals surface area contributed by atoms with Crippen molar-refractivity contribution in [1.29, 1.82) is 5.26 Å². The van der Waals surface area contributed by atoms with E-state index in [9.17, 15) is 4.79 Å². The first-order valence-corrected chi connectivity index (χ1v) is 9.98.